The molecule has 0 unspecified atom stereocenters. The summed E-state index contributed by atoms with van der Waals surface area (Å²) in [5, 5.41) is 3.82. The Morgan fingerprint density at radius 3 is 2.60 bits per heavy atom. The highest BCUT2D eigenvalue weighted by molar-refractivity contribution is 7.99. The summed E-state index contributed by atoms with van der Waals surface area (Å²) in [6.45, 7) is 4.70. The van der Waals surface area contributed by atoms with Crippen LogP contribution in [-0.2, 0) is 4.79 Å². The molecule has 0 atom stereocenters. The average molecular weight is 229 g/mol. The number of carbonyl (C=O) groups excluding carboxylic acids is 1. The molecule has 0 radical (unpaired) electrons. The maximum Gasteiger partial charge on any atom is 0.222 e. The van der Waals surface area contributed by atoms with Crippen LogP contribution >= 0.6 is 11.8 Å². The molecule has 15 heavy (non-hydrogen) atoms. The van der Waals surface area contributed by atoms with E-state index in [-0.39, 0.29) is 11.8 Å². The number of amides is 1. The van der Waals surface area contributed by atoms with Gasteiger partial charge in [0.15, 0.2) is 0 Å². The molecule has 0 spiro atoms. The number of hydrogen-bond donors (Lipinski definition) is 1. The van der Waals surface area contributed by atoms with Crippen LogP contribution in [0.2, 0.25) is 0 Å². The van der Waals surface area contributed by atoms with Crippen LogP contribution in [0.25, 0.3) is 0 Å². The van der Waals surface area contributed by atoms with E-state index >= 15 is 0 Å². The van der Waals surface area contributed by atoms with Crippen molar-refractivity contribution >= 4 is 17.7 Å². The van der Waals surface area contributed by atoms with E-state index in [0.29, 0.717) is 0 Å². The van der Waals surface area contributed by atoms with Crippen molar-refractivity contribution in [2.75, 3.05) is 12.3 Å². The molecule has 0 aliphatic heterocycles. The van der Waals surface area contributed by atoms with Gasteiger partial charge in [-0.25, -0.2) is 0 Å². The fraction of sp³-hybridized carbons (Fsp3) is 0.917. The minimum Gasteiger partial charge on any atom is -0.355 e. The maximum atomic E-state index is 11.3. The van der Waals surface area contributed by atoms with E-state index in [1.54, 1.807) is 0 Å². The summed E-state index contributed by atoms with van der Waals surface area (Å²) < 4.78 is 0. The Morgan fingerprint density at radius 2 is 2.00 bits per heavy atom. The van der Waals surface area contributed by atoms with Crippen LogP contribution in [0.1, 0.15) is 46.0 Å². The number of nitrogens with one attached hydrogen (secondary N) is 1. The molecule has 1 aliphatic rings. The van der Waals surface area contributed by atoms with E-state index in [2.05, 4.69) is 5.32 Å². The number of rotatable bonds is 5. The Labute approximate surface area is 97.6 Å². The molecule has 1 fully saturated rings. The minimum atomic E-state index is 0.115. The molecule has 1 N–H and O–H groups in total. The predicted molar refractivity (Wildman–Crippen MR) is 67.2 cm³/mol. The lowest BCUT2D eigenvalue weighted by Gasteiger charge is -2.21. The van der Waals surface area contributed by atoms with Crippen molar-refractivity contribution in [1.29, 1.82) is 0 Å². The number of carbonyl (C=O) groups is 1. The van der Waals surface area contributed by atoms with Crippen molar-refractivity contribution in [3.8, 4) is 0 Å². The van der Waals surface area contributed by atoms with Gasteiger partial charge < -0.3 is 5.32 Å². The van der Waals surface area contributed by atoms with Crippen molar-refractivity contribution in [3.05, 3.63) is 0 Å². The zero-order valence-electron chi connectivity index (χ0n) is 9.92. The van der Waals surface area contributed by atoms with Crippen molar-refractivity contribution in [2.24, 2.45) is 5.92 Å². The number of thioether (sulfide) groups is 1. The Bertz CT molecular complexity index is 188. The molecule has 0 aromatic rings. The molecule has 2 nitrogen and oxygen atoms in total. The van der Waals surface area contributed by atoms with Crippen LogP contribution in [0.5, 0.6) is 0 Å². The summed E-state index contributed by atoms with van der Waals surface area (Å²) in [7, 11) is 0. The van der Waals surface area contributed by atoms with Gasteiger partial charge in [-0.15, -0.1) is 0 Å². The first kappa shape index (κ1) is 12.9. The molecule has 0 saturated heterocycles. The zero-order chi connectivity index (χ0) is 11.1. The van der Waals surface area contributed by atoms with E-state index in [0.717, 1.165) is 17.5 Å². The molecule has 0 aromatic heterocycles. The zero-order valence-corrected chi connectivity index (χ0v) is 10.7. The van der Waals surface area contributed by atoms with Gasteiger partial charge >= 0.3 is 0 Å². The summed E-state index contributed by atoms with van der Waals surface area (Å²) in [5.41, 5.74) is 0. The SMILES string of the molecule is CC(C)C(=O)NCCSC1CCCCC1. The van der Waals surface area contributed by atoms with Crippen LogP contribution in [0.15, 0.2) is 0 Å². The predicted octanol–water partition coefficient (Wildman–Crippen LogP) is 2.82. The third-order valence-corrected chi connectivity index (χ3v) is 4.21. The third kappa shape index (κ3) is 5.45. The normalized spacial score (nSPS) is 18.1. The fourth-order valence-corrected chi connectivity index (χ4v) is 3.06. The topological polar surface area (TPSA) is 29.1 Å². The largest absolute Gasteiger partial charge is 0.355 e. The van der Waals surface area contributed by atoms with Gasteiger partial charge in [0.2, 0.25) is 5.91 Å². The lowest BCUT2D eigenvalue weighted by Crippen LogP contribution is -2.30. The highest BCUT2D eigenvalue weighted by Gasteiger charge is 2.13. The summed E-state index contributed by atoms with van der Waals surface area (Å²) in [4.78, 5) is 11.3. The molecule has 0 bridgehead atoms. The van der Waals surface area contributed by atoms with Gasteiger partial charge in [-0.1, -0.05) is 33.1 Å². The Morgan fingerprint density at radius 1 is 1.33 bits per heavy atom. The van der Waals surface area contributed by atoms with Crippen LogP contribution in [0, 0.1) is 5.92 Å². The first-order valence-corrected chi connectivity index (χ1v) is 7.14. The van der Waals surface area contributed by atoms with E-state index in [9.17, 15) is 4.79 Å². The highest BCUT2D eigenvalue weighted by Crippen LogP contribution is 2.27. The van der Waals surface area contributed by atoms with Gasteiger partial charge in [0.1, 0.15) is 0 Å². The van der Waals surface area contributed by atoms with Crippen LogP contribution in [0.3, 0.4) is 0 Å². The molecule has 88 valence electrons. The summed E-state index contributed by atoms with van der Waals surface area (Å²) in [6, 6.07) is 0. The Hall–Kier alpha value is -0.180. The van der Waals surface area contributed by atoms with E-state index in [1.165, 1.54) is 32.1 Å². The highest BCUT2D eigenvalue weighted by atomic mass is 32.2. The standard InChI is InChI=1S/C12H23NOS/c1-10(2)12(14)13-8-9-15-11-6-4-3-5-7-11/h10-11H,3-9H2,1-2H3,(H,13,14). The molecule has 3 heteroatoms. The van der Waals surface area contributed by atoms with Gasteiger partial charge in [0, 0.05) is 23.5 Å². The molecule has 1 aliphatic carbocycles. The fourth-order valence-electron chi connectivity index (χ4n) is 1.84. The first-order valence-electron chi connectivity index (χ1n) is 6.09. The van der Waals surface area contributed by atoms with Crippen molar-refractivity contribution in [2.45, 2.75) is 51.2 Å². The average Bonchev–Trinajstić information content (AvgIpc) is 2.25. The molecule has 1 rings (SSSR count). The monoisotopic (exact) mass is 229 g/mol. The molecular weight excluding hydrogens is 206 g/mol. The summed E-state index contributed by atoms with van der Waals surface area (Å²) >= 11 is 2.04. The quantitative estimate of drug-likeness (QED) is 0.735. The maximum absolute atomic E-state index is 11.3. The molecular formula is C12H23NOS. The Balaban J connectivity index is 1.98. The van der Waals surface area contributed by atoms with E-state index in [1.807, 2.05) is 25.6 Å². The Kier molecular flexibility index (Phi) is 6.15. The smallest absolute Gasteiger partial charge is 0.222 e. The minimum absolute atomic E-state index is 0.115. The molecule has 0 heterocycles. The van der Waals surface area contributed by atoms with Crippen LogP contribution in [-0.4, -0.2) is 23.5 Å². The first-order chi connectivity index (χ1) is 7.20. The number of hydrogen-bond acceptors (Lipinski definition) is 2. The van der Waals surface area contributed by atoms with Gasteiger partial charge in [0.25, 0.3) is 0 Å². The van der Waals surface area contributed by atoms with Gasteiger partial charge in [0.05, 0.1) is 0 Å². The van der Waals surface area contributed by atoms with E-state index in [4.69, 9.17) is 0 Å². The van der Waals surface area contributed by atoms with Crippen LogP contribution < -0.4 is 5.32 Å². The van der Waals surface area contributed by atoms with E-state index < -0.39 is 0 Å². The summed E-state index contributed by atoms with van der Waals surface area (Å²) in [5.74, 6) is 1.37. The second-order valence-electron chi connectivity index (χ2n) is 4.58. The second kappa shape index (κ2) is 7.15. The lowest BCUT2D eigenvalue weighted by molar-refractivity contribution is -0.123. The lowest BCUT2D eigenvalue weighted by atomic mass is 10.0. The third-order valence-electron chi connectivity index (χ3n) is 2.83. The van der Waals surface area contributed by atoms with Gasteiger partial charge in [-0.3, -0.25) is 4.79 Å². The van der Waals surface area contributed by atoms with Crippen molar-refractivity contribution in [1.82, 2.24) is 5.32 Å². The molecule has 1 amide bonds. The van der Waals surface area contributed by atoms with Crippen molar-refractivity contribution < 1.29 is 4.79 Å². The van der Waals surface area contributed by atoms with Gasteiger partial charge in [-0.05, 0) is 12.8 Å². The summed E-state index contributed by atoms with van der Waals surface area (Å²) in [6.07, 6.45) is 6.97. The van der Waals surface area contributed by atoms with Crippen molar-refractivity contribution in [3.63, 3.8) is 0 Å². The molecule has 1 saturated carbocycles. The van der Waals surface area contributed by atoms with Gasteiger partial charge in [-0.2, -0.15) is 11.8 Å². The molecule has 0 aromatic carbocycles. The second-order valence-corrected chi connectivity index (χ2v) is 5.98. The van der Waals surface area contributed by atoms with Crippen LogP contribution in [0.4, 0.5) is 0 Å².